The van der Waals surface area contributed by atoms with Gasteiger partial charge in [-0.2, -0.15) is 10.2 Å². The molecule has 3 aromatic rings. The topological polar surface area (TPSA) is 71.2 Å². The highest BCUT2D eigenvalue weighted by molar-refractivity contribution is 5.90. The van der Waals surface area contributed by atoms with E-state index in [1.54, 1.807) is 24.2 Å². The fraction of sp³-hybridized carbons (Fsp3) is 0.278. The van der Waals surface area contributed by atoms with E-state index in [0.717, 1.165) is 12.1 Å². The highest BCUT2D eigenvalue weighted by atomic mass is 16.5. The van der Waals surface area contributed by atoms with Gasteiger partial charge in [-0.05, 0) is 17.2 Å². The van der Waals surface area contributed by atoms with Crippen molar-refractivity contribution in [1.29, 1.82) is 0 Å². The van der Waals surface area contributed by atoms with Crippen molar-refractivity contribution in [1.82, 2.24) is 19.6 Å². The van der Waals surface area contributed by atoms with E-state index in [9.17, 15) is 4.79 Å². The maximum Gasteiger partial charge on any atom is 0.341 e. The van der Waals surface area contributed by atoms with E-state index >= 15 is 0 Å². The Morgan fingerprint density at radius 2 is 1.76 bits per heavy atom. The third-order valence-corrected chi connectivity index (χ3v) is 3.80. The maximum absolute atomic E-state index is 11.8. The molecule has 7 nitrogen and oxygen atoms in total. The number of benzene rings is 1. The summed E-state index contributed by atoms with van der Waals surface area (Å²) in [5, 5.41) is 8.63. The second-order valence-corrected chi connectivity index (χ2v) is 5.63. The molecule has 7 heteroatoms. The van der Waals surface area contributed by atoms with Crippen molar-refractivity contribution < 1.29 is 14.3 Å². The van der Waals surface area contributed by atoms with Crippen LogP contribution in [0.5, 0.6) is 0 Å². The molecule has 130 valence electrons. The standard InChI is InChI=1S/C18H20N4O3/c1-24-13-17-16(18(23)25-2)12-22(20-17)11-15-6-4-14(5-7-15)10-21-9-3-8-19-21/h3-9,12H,10-11,13H2,1-2H3. The minimum Gasteiger partial charge on any atom is -0.465 e. The molecule has 0 saturated heterocycles. The van der Waals surface area contributed by atoms with Gasteiger partial charge < -0.3 is 9.47 Å². The minimum absolute atomic E-state index is 0.264. The molecule has 2 heterocycles. The summed E-state index contributed by atoms with van der Waals surface area (Å²) < 4.78 is 13.5. The zero-order valence-corrected chi connectivity index (χ0v) is 14.3. The third-order valence-electron chi connectivity index (χ3n) is 3.80. The molecule has 0 saturated carbocycles. The Morgan fingerprint density at radius 1 is 1.08 bits per heavy atom. The van der Waals surface area contributed by atoms with Gasteiger partial charge in [-0.15, -0.1) is 0 Å². The molecule has 2 aromatic heterocycles. The quantitative estimate of drug-likeness (QED) is 0.616. The van der Waals surface area contributed by atoms with Crippen LogP contribution in [0.25, 0.3) is 0 Å². The minimum atomic E-state index is -0.409. The molecule has 0 N–H and O–H groups in total. The Morgan fingerprint density at radius 3 is 2.32 bits per heavy atom. The number of hydrogen-bond donors (Lipinski definition) is 0. The lowest BCUT2D eigenvalue weighted by molar-refractivity contribution is 0.0595. The Labute approximate surface area is 145 Å². The van der Waals surface area contributed by atoms with Gasteiger partial charge in [-0.3, -0.25) is 9.36 Å². The van der Waals surface area contributed by atoms with Gasteiger partial charge in [0, 0.05) is 25.7 Å². The number of ether oxygens (including phenoxy) is 2. The highest BCUT2D eigenvalue weighted by Gasteiger charge is 2.16. The monoisotopic (exact) mass is 340 g/mol. The number of hydrogen-bond acceptors (Lipinski definition) is 5. The molecule has 0 aliphatic rings. The molecule has 1 aromatic carbocycles. The van der Waals surface area contributed by atoms with Gasteiger partial charge in [0.05, 0.1) is 26.8 Å². The Balaban J connectivity index is 1.72. The molecule has 0 aliphatic heterocycles. The molecule has 0 bridgehead atoms. The summed E-state index contributed by atoms with van der Waals surface area (Å²) in [5.74, 6) is -0.409. The number of esters is 1. The van der Waals surface area contributed by atoms with E-state index in [4.69, 9.17) is 9.47 Å². The Kier molecular flexibility index (Phi) is 5.25. The second-order valence-electron chi connectivity index (χ2n) is 5.63. The third kappa shape index (κ3) is 4.13. The summed E-state index contributed by atoms with van der Waals surface area (Å²) in [7, 11) is 2.92. The van der Waals surface area contributed by atoms with E-state index in [0.29, 0.717) is 17.8 Å². The van der Waals surface area contributed by atoms with Crippen LogP contribution >= 0.6 is 0 Å². The first-order valence-corrected chi connectivity index (χ1v) is 7.88. The smallest absolute Gasteiger partial charge is 0.341 e. The zero-order chi connectivity index (χ0) is 17.6. The fourth-order valence-electron chi connectivity index (χ4n) is 2.58. The van der Waals surface area contributed by atoms with Crippen molar-refractivity contribution in [2.45, 2.75) is 19.7 Å². The van der Waals surface area contributed by atoms with Crippen LogP contribution in [0.15, 0.2) is 48.9 Å². The highest BCUT2D eigenvalue weighted by Crippen LogP contribution is 2.13. The molecular formula is C18H20N4O3. The average Bonchev–Trinajstić information content (AvgIpc) is 3.26. The van der Waals surface area contributed by atoms with E-state index in [1.807, 2.05) is 29.1 Å². The number of rotatable bonds is 7. The Bertz CT molecular complexity index is 823. The number of methoxy groups -OCH3 is 2. The second kappa shape index (κ2) is 7.76. The van der Waals surface area contributed by atoms with Gasteiger partial charge in [0.15, 0.2) is 0 Å². The van der Waals surface area contributed by atoms with Gasteiger partial charge in [-0.1, -0.05) is 24.3 Å². The van der Waals surface area contributed by atoms with Gasteiger partial charge in [0.2, 0.25) is 0 Å². The SMILES string of the molecule is COCc1nn(Cc2ccc(Cn3cccn3)cc2)cc1C(=O)OC. The summed E-state index contributed by atoms with van der Waals surface area (Å²) in [6.07, 6.45) is 5.39. The van der Waals surface area contributed by atoms with Crippen molar-refractivity contribution in [2.24, 2.45) is 0 Å². The molecule has 0 amide bonds. The number of nitrogens with zero attached hydrogens (tertiary/aromatic N) is 4. The van der Waals surface area contributed by atoms with E-state index < -0.39 is 5.97 Å². The van der Waals surface area contributed by atoms with Crippen molar-refractivity contribution in [3.63, 3.8) is 0 Å². The zero-order valence-electron chi connectivity index (χ0n) is 14.3. The van der Waals surface area contributed by atoms with Crippen LogP contribution in [0.3, 0.4) is 0 Å². The molecule has 0 unspecified atom stereocenters. The molecule has 0 spiro atoms. The summed E-state index contributed by atoms with van der Waals surface area (Å²) >= 11 is 0. The molecule has 3 rings (SSSR count). The van der Waals surface area contributed by atoms with Crippen LogP contribution in [-0.2, 0) is 29.2 Å². The van der Waals surface area contributed by atoms with Crippen LogP contribution in [0.2, 0.25) is 0 Å². The van der Waals surface area contributed by atoms with Crippen LogP contribution < -0.4 is 0 Å². The molecule has 0 atom stereocenters. The van der Waals surface area contributed by atoms with Crippen LogP contribution in [0, 0.1) is 0 Å². The van der Waals surface area contributed by atoms with Gasteiger partial charge in [0.25, 0.3) is 0 Å². The molecule has 0 fully saturated rings. The van der Waals surface area contributed by atoms with Crippen LogP contribution in [-0.4, -0.2) is 39.7 Å². The van der Waals surface area contributed by atoms with Crippen molar-refractivity contribution in [3.8, 4) is 0 Å². The predicted octanol–water partition coefficient (Wildman–Crippen LogP) is 2.11. The predicted molar refractivity (Wildman–Crippen MR) is 91.2 cm³/mol. The number of aromatic nitrogens is 4. The van der Waals surface area contributed by atoms with Gasteiger partial charge in [-0.25, -0.2) is 4.79 Å². The number of carbonyl (C=O) groups excluding carboxylic acids is 1. The largest absolute Gasteiger partial charge is 0.465 e. The molecule has 0 aliphatic carbocycles. The fourth-order valence-corrected chi connectivity index (χ4v) is 2.58. The van der Waals surface area contributed by atoms with Crippen molar-refractivity contribution in [3.05, 3.63) is 71.3 Å². The summed E-state index contributed by atoms with van der Waals surface area (Å²) in [6, 6.07) is 10.1. The molecular weight excluding hydrogens is 320 g/mol. The first-order valence-electron chi connectivity index (χ1n) is 7.88. The normalized spacial score (nSPS) is 10.8. The van der Waals surface area contributed by atoms with Gasteiger partial charge >= 0.3 is 5.97 Å². The van der Waals surface area contributed by atoms with Crippen molar-refractivity contribution in [2.75, 3.05) is 14.2 Å². The van der Waals surface area contributed by atoms with E-state index in [2.05, 4.69) is 22.3 Å². The summed E-state index contributed by atoms with van der Waals surface area (Å²) in [5.41, 5.74) is 3.26. The van der Waals surface area contributed by atoms with Crippen LogP contribution in [0.1, 0.15) is 27.2 Å². The lowest BCUT2D eigenvalue weighted by Crippen LogP contribution is -2.04. The first kappa shape index (κ1) is 16.9. The average molecular weight is 340 g/mol. The van der Waals surface area contributed by atoms with Gasteiger partial charge in [0.1, 0.15) is 11.3 Å². The summed E-state index contributed by atoms with van der Waals surface area (Å²) in [4.78, 5) is 11.8. The lowest BCUT2D eigenvalue weighted by atomic mass is 10.1. The van der Waals surface area contributed by atoms with E-state index in [-0.39, 0.29) is 6.61 Å². The maximum atomic E-state index is 11.8. The van der Waals surface area contributed by atoms with E-state index in [1.165, 1.54) is 12.7 Å². The summed E-state index contributed by atoms with van der Waals surface area (Å²) in [6.45, 7) is 1.57. The van der Waals surface area contributed by atoms with Crippen LogP contribution in [0.4, 0.5) is 0 Å². The first-order chi connectivity index (χ1) is 12.2. The Hall–Kier alpha value is -2.93. The molecule has 25 heavy (non-hydrogen) atoms. The lowest BCUT2D eigenvalue weighted by Gasteiger charge is -2.05. The number of carbonyl (C=O) groups is 1. The molecule has 0 radical (unpaired) electrons. The van der Waals surface area contributed by atoms with Crippen molar-refractivity contribution >= 4 is 5.97 Å².